The number of thioether (sulfide) groups is 2. The van der Waals surface area contributed by atoms with Crippen LogP contribution in [0.25, 0.3) is 37.6 Å². The van der Waals surface area contributed by atoms with Crippen LogP contribution < -0.4 is 14.8 Å². The number of aromatic nitrogens is 5. The van der Waals surface area contributed by atoms with E-state index < -0.39 is 0 Å². The fraction of sp³-hybridized carbons (Fsp3) is 0.114. The average molecular weight is 709 g/mol. The van der Waals surface area contributed by atoms with Crippen molar-refractivity contribution in [3.8, 4) is 38.9 Å². The number of anilines is 1. The quantitative estimate of drug-likeness (QED) is 0.125. The van der Waals surface area contributed by atoms with Gasteiger partial charge in [0.05, 0.1) is 46.5 Å². The number of amides is 1. The normalized spacial score (nSPS) is 11.1. The fourth-order valence-electron chi connectivity index (χ4n) is 4.90. The Bertz CT molecular complexity index is 2070. The van der Waals surface area contributed by atoms with Crippen molar-refractivity contribution in [2.45, 2.75) is 15.2 Å². The number of hydrogen-bond acceptors (Lipinski definition) is 11. The van der Waals surface area contributed by atoms with E-state index in [9.17, 15) is 4.79 Å². The highest BCUT2D eigenvalue weighted by molar-refractivity contribution is 8.00. The van der Waals surface area contributed by atoms with Crippen LogP contribution in [0.1, 0.15) is 5.82 Å². The van der Waals surface area contributed by atoms with Crippen molar-refractivity contribution in [2.24, 2.45) is 0 Å². The third-order valence-corrected chi connectivity index (χ3v) is 11.4. The number of benzene rings is 4. The van der Waals surface area contributed by atoms with Crippen LogP contribution in [0, 0.1) is 0 Å². The Balaban J connectivity index is 1.09. The molecule has 48 heavy (non-hydrogen) atoms. The number of nitrogens with zero attached hydrogens (tertiary/aromatic N) is 5. The van der Waals surface area contributed by atoms with Crippen LogP contribution in [0.4, 0.5) is 5.13 Å². The minimum absolute atomic E-state index is 0.130. The van der Waals surface area contributed by atoms with Crippen LogP contribution in [-0.4, -0.2) is 50.6 Å². The molecule has 13 heteroatoms. The zero-order chi connectivity index (χ0) is 32.9. The Morgan fingerprint density at radius 2 is 1.46 bits per heavy atom. The van der Waals surface area contributed by atoms with Gasteiger partial charge in [0.1, 0.15) is 17.3 Å². The molecule has 0 aliphatic rings. The van der Waals surface area contributed by atoms with E-state index >= 15 is 0 Å². The molecule has 0 radical (unpaired) electrons. The lowest BCUT2D eigenvalue weighted by molar-refractivity contribution is -0.113. The smallest absolute Gasteiger partial charge is 0.236 e. The Morgan fingerprint density at radius 3 is 2.17 bits per heavy atom. The van der Waals surface area contributed by atoms with Gasteiger partial charge in [0.25, 0.3) is 0 Å². The molecule has 240 valence electrons. The van der Waals surface area contributed by atoms with Crippen molar-refractivity contribution < 1.29 is 14.3 Å². The molecular weight excluding hydrogens is 681 g/mol. The lowest BCUT2D eigenvalue weighted by atomic mass is 10.1. The van der Waals surface area contributed by atoms with Crippen molar-refractivity contribution in [1.29, 1.82) is 0 Å². The molecule has 0 bridgehead atoms. The lowest BCUT2D eigenvalue weighted by Gasteiger charge is -2.09. The van der Waals surface area contributed by atoms with E-state index in [1.807, 2.05) is 102 Å². The van der Waals surface area contributed by atoms with Gasteiger partial charge in [0.15, 0.2) is 14.6 Å². The average Bonchev–Trinajstić information content (AvgIpc) is 3.87. The summed E-state index contributed by atoms with van der Waals surface area (Å²) in [4.78, 5) is 23.9. The van der Waals surface area contributed by atoms with E-state index in [2.05, 4.69) is 21.6 Å². The summed E-state index contributed by atoms with van der Waals surface area (Å²) in [7, 11) is 3.28. The summed E-state index contributed by atoms with van der Waals surface area (Å²) in [6.07, 6.45) is 0. The molecule has 1 N–H and O–H groups in total. The van der Waals surface area contributed by atoms with Crippen LogP contribution in [0.2, 0.25) is 0 Å². The molecule has 7 aromatic rings. The molecule has 0 fully saturated rings. The maximum absolute atomic E-state index is 13.3. The topological polar surface area (TPSA) is 104 Å². The lowest BCUT2D eigenvalue weighted by Crippen LogP contribution is -2.14. The van der Waals surface area contributed by atoms with Crippen molar-refractivity contribution in [3.05, 3.63) is 109 Å². The first-order chi connectivity index (χ1) is 23.6. The van der Waals surface area contributed by atoms with Gasteiger partial charge in [-0.1, -0.05) is 65.2 Å². The predicted molar refractivity (Wildman–Crippen MR) is 196 cm³/mol. The molecule has 0 aliphatic heterocycles. The van der Waals surface area contributed by atoms with Crippen molar-refractivity contribution in [3.63, 3.8) is 0 Å². The zero-order valence-electron chi connectivity index (χ0n) is 25.8. The van der Waals surface area contributed by atoms with Gasteiger partial charge in [-0.2, -0.15) is 0 Å². The summed E-state index contributed by atoms with van der Waals surface area (Å²) in [5.74, 6) is 2.82. The first-order valence-corrected chi connectivity index (χ1v) is 18.4. The summed E-state index contributed by atoms with van der Waals surface area (Å²) in [5, 5.41) is 13.2. The second-order valence-corrected chi connectivity index (χ2v) is 14.5. The monoisotopic (exact) mass is 708 g/mol. The van der Waals surface area contributed by atoms with Crippen molar-refractivity contribution in [1.82, 2.24) is 24.7 Å². The molecule has 0 unspecified atom stereocenters. The minimum Gasteiger partial charge on any atom is -0.497 e. The molecule has 3 heterocycles. The Labute approximate surface area is 293 Å². The Morgan fingerprint density at radius 1 is 0.771 bits per heavy atom. The van der Waals surface area contributed by atoms with Gasteiger partial charge in [-0.25, -0.2) is 9.97 Å². The summed E-state index contributed by atoms with van der Waals surface area (Å²) in [5.41, 5.74) is 4.58. The Kier molecular flexibility index (Phi) is 9.70. The number of para-hydroxylation sites is 2. The molecule has 1 amide bonds. The second kappa shape index (κ2) is 14.6. The molecule has 4 aromatic carbocycles. The molecule has 7 rings (SSSR count). The number of carbonyl (C=O) groups is 1. The predicted octanol–water partition coefficient (Wildman–Crippen LogP) is 8.71. The molecule has 0 saturated heterocycles. The van der Waals surface area contributed by atoms with E-state index in [4.69, 9.17) is 19.4 Å². The van der Waals surface area contributed by atoms with E-state index in [-0.39, 0.29) is 11.7 Å². The number of fused-ring (bicyclic) bond motifs is 1. The van der Waals surface area contributed by atoms with Gasteiger partial charge in [-0.3, -0.25) is 9.36 Å². The molecule has 0 saturated carbocycles. The largest absolute Gasteiger partial charge is 0.497 e. The van der Waals surface area contributed by atoms with Crippen molar-refractivity contribution >= 4 is 67.5 Å². The van der Waals surface area contributed by atoms with E-state index in [0.717, 1.165) is 59.3 Å². The molecule has 0 spiro atoms. The van der Waals surface area contributed by atoms with Gasteiger partial charge >= 0.3 is 0 Å². The summed E-state index contributed by atoms with van der Waals surface area (Å²) in [6.45, 7) is 0. The SMILES string of the molecule is COc1ccc(-c2nc(NC(=O)CSc3nnc(CSc4nc5ccccc5s4)n3-c3ccccc3)sc2-c2ccc(OC)cc2)cc1. The molecule has 3 aromatic heterocycles. The van der Waals surface area contributed by atoms with Crippen LogP contribution in [-0.2, 0) is 10.5 Å². The number of rotatable bonds is 12. The zero-order valence-corrected chi connectivity index (χ0v) is 29.1. The number of carbonyl (C=O) groups excluding carboxylic acids is 1. The standard InChI is InChI=1S/C35H28N6O3S4/c1-43-25-16-12-22(13-17-25)31-32(23-14-18-26(44-2)19-15-23)48-33(38-31)37-30(42)21-45-34-40-39-29(41(34)24-8-4-3-5-9-24)20-46-35-36-27-10-6-7-11-28(27)47-35/h3-19H,20-21H2,1-2H3,(H,37,38,42). The van der Waals surface area contributed by atoms with E-state index in [1.54, 1.807) is 37.3 Å². The number of methoxy groups -OCH3 is 2. The molecular formula is C35H28N6O3S4. The van der Waals surface area contributed by atoms with Gasteiger partial charge < -0.3 is 14.8 Å². The summed E-state index contributed by atoms with van der Waals surface area (Å²) < 4.78 is 14.8. The number of thiazole rings is 2. The number of ether oxygens (including phenoxy) is 2. The molecule has 0 aliphatic carbocycles. The van der Waals surface area contributed by atoms with E-state index in [1.165, 1.54) is 23.1 Å². The van der Waals surface area contributed by atoms with Gasteiger partial charge in [-0.05, 0) is 78.4 Å². The van der Waals surface area contributed by atoms with Gasteiger partial charge in [0, 0.05) is 11.3 Å². The Hall–Kier alpha value is -4.69. The second-order valence-electron chi connectivity index (χ2n) is 10.3. The first-order valence-electron chi connectivity index (χ1n) is 14.8. The first kappa shape index (κ1) is 31.9. The highest BCUT2D eigenvalue weighted by Gasteiger charge is 2.20. The number of hydrogen-bond donors (Lipinski definition) is 1. The van der Waals surface area contributed by atoms with E-state index in [0.29, 0.717) is 16.0 Å². The molecule has 0 atom stereocenters. The van der Waals surface area contributed by atoms with Crippen LogP contribution in [0.5, 0.6) is 11.5 Å². The third-order valence-electron chi connectivity index (χ3n) is 7.24. The highest BCUT2D eigenvalue weighted by atomic mass is 32.2. The minimum atomic E-state index is -0.190. The van der Waals surface area contributed by atoms with Crippen LogP contribution >= 0.6 is 46.2 Å². The highest BCUT2D eigenvalue weighted by Crippen LogP contribution is 2.40. The maximum atomic E-state index is 13.3. The van der Waals surface area contributed by atoms with Crippen molar-refractivity contribution in [2.75, 3.05) is 25.3 Å². The summed E-state index contributed by atoms with van der Waals surface area (Å²) >= 11 is 6.05. The van der Waals surface area contributed by atoms with Crippen LogP contribution in [0.15, 0.2) is 113 Å². The van der Waals surface area contributed by atoms with Gasteiger partial charge in [-0.15, -0.1) is 21.5 Å². The maximum Gasteiger partial charge on any atom is 0.236 e. The fourth-order valence-corrected chi connectivity index (χ4v) is 8.67. The number of nitrogens with one attached hydrogen (secondary N) is 1. The summed E-state index contributed by atoms with van der Waals surface area (Å²) in [6, 6.07) is 33.6. The van der Waals surface area contributed by atoms with Gasteiger partial charge in [0.2, 0.25) is 5.91 Å². The van der Waals surface area contributed by atoms with Crippen LogP contribution in [0.3, 0.4) is 0 Å². The molecule has 9 nitrogen and oxygen atoms in total. The third kappa shape index (κ3) is 7.09.